The largest absolute Gasteiger partial charge is 0.465 e. The average Bonchev–Trinajstić information content (AvgIpc) is 2.50. The molecule has 0 aromatic heterocycles. The lowest BCUT2D eigenvalue weighted by molar-refractivity contribution is -0.116. The lowest BCUT2D eigenvalue weighted by atomic mass is 10.2. The van der Waals surface area contributed by atoms with Crippen LogP contribution in [0.2, 0.25) is 0 Å². The van der Waals surface area contributed by atoms with Gasteiger partial charge in [-0.3, -0.25) is 4.79 Å². The average molecular weight is 292 g/mol. The van der Waals surface area contributed by atoms with Crippen LogP contribution in [-0.4, -0.2) is 44.0 Å². The van der Waals surface area contributed by atoms with E-state index in [1.54, 1.807) is 24.3 Å². The molecule has 1 aromatic rings. The number of rotatable bonds is 8. The van der Waals surface area contributed by atoms with Gasteiger partial charge in [-0.1, -0.05) is 13.3 Å². The molecule has 116 valence electrons. The van der Waals surface area contributed by atoms with E-state index in [1.807, 2.05) is 7.05 Å². The summed E-state index contributed by atoms with van der Waals surface area (Å²) in [4.78, 5) is 25.3. The van der Waals surface area contributed by atoms with E-state index in [-0.39, 0.29) is 11.9 Å². The number of esters is 1. The van der Waals surface area contributed by atoms with E-state index in [9.17, 15) is 9.59 Å². The summed E-state index contributed by atoms with van der Waals surface area (Å²) in [5.41, 5.74) is 1.15. The van der Waals surface area contributed by atoms with Gasteiger partial charge in [0, 0.05) is 18.7 Å². The fourth-order valence-corrected chi connectivity index (χ4v) is 1.86. The molecule has 1 rings (SSSR count). The molecule has 0 aliphatic heterocycles. The summed E-state index contributed by atoms with van der Waals surface area (Å²) in [7, 11) is 3.36. The topological polar surface area (TPSA) is 58.6 Å². The van der Waals surface area contributed by atoms with Crippen LogP contribution >= 0.6 is 0 Å². The first-order valence-corrected chi connectivity index (χ1v) is 7.23. The third kappa shape index (κ3) is 6.40. The Kier molecular flexibility index (Phi) is 7.46. The third-order valence-corrected chi connectivity index (χ3v) is 3.20. The number of amides is 1. The molecule has 0 fully saturated rings. The van der Waals surface area contributed by atoms with Crippen molar-refractivity contribution < 1.29 is 14.3 Å². The van der Waals surface area contributed by atoms with Crippen molar-refractivity contribution in [3.05, 3.63) is 29.8 Å². The number of carbonyl (C=O) groups excluding carboxylic acids is 2. The van der Waals surface area contributed by atoms with Crippen LogP contribution in [0.4, 0.5) is 5.69 Å². The first-order valence-electron chi connectivity index (χ1n) is 7.23. The van der Waals surface area contributed by atoms with Crippen molar-refractivity contribution in [1.29, 1.82) is 0 Å². The number of hydrogen-bond donors (Lipinski definition) is 1. The lowest BCUT2D eigenvalue weighted by Crippen LogP contribution is -2.25. The predicted molar refractivity (Wildman–Crippen MR) is 83.4 cm³/mol. The minimum atomic E-state index is -0.384. The summed E-state index contributed by atoms with van der Waals surface area (Å²) >= 11 is 0. The van der Waals surface area contributed by atoms with Gasteiger partial charge in [-0.05, 0) is 44.3 Å². The molecule has 0 heterocycles. The molecule has 1 amide bonds. The highest BCUT2D eigenvalue weighted by Gasteiger charge is 2.07. The SMILES string of the molecule is CCCCN(C)CCC(=O)Nc1ccc(C(=O)OC)cc1. The summed E-state index contributed by atoms with van der Waals surface area (Å²) in [6.45, 7) is 3.90. The van der Waals surface area contributed by atoms with Gasteiger partial charge in [0.15, 0.2) is 0 Å². The van der Waals surface area contributed by atoms with E-state index in [0.717, 1.165) is 25.9 Å². The van der Waals surface area contributed by atoms with E-state index in [0.29, 0.717) is 17.7 Å². The molecule has 0 saturated carbocycles. The number of benzene rings is 1. The van der Waals surface area contributed by atoms with E-state index in [2.05, 4.69) is 21.9 Å². The Bertz CT molecular complexity index is 457. The van der Waals surface area contributed by atoms with Crippen LogP contribution in [0, 0.1) is 0 Å². The summed E-state index contributed by atoms with van der Waals surface area (Å²) in [5.74, 6) is -0.408. The highest BCUT2D eigenvalue weighted by atomic mass is 16.5. The maximum absolute atomic E-state index is 11.8. The van der Waals surface area contributed by atoms with Crippen molar-refractivity contribution in [3.8, 4) is 0 Å². The molecule has 0 bridgehead atoms. The zero-order valence-electron chi connectivity index (χ0n) is 13.0. The molecule has 0 unspecified atom stereocenters. The highest BCUT2D eigenvalue weighted by Crippen LogP contribution is 2.10. The second kappa shape index (κ2) is 9.13. The molecule has 0 aliphatic carbocycles. The van der Waals surface area contributed by atoms with Gasteiger partial charge in [-0.25, -0.2) is 4.79 Å². The molecule has 5 nitrogen and oxygen atoms in total. The standard InChI is InChI=1S/C16H24N2O3/c1-4-5-11-18(2)12-10-15(19)17-14-8-6-13(7-9-14)16(20)21-3/h6-9H,4-5,10-12H2,1-3H3,(H,17,19). The zero-order valence-corrected chi connectivity index (χ0v) is 13.0. The molecular weight excluding hydrogens is 268 g/mol. The van der Waals surface area contributed by atoms with Crippen LogP contribution in [0.15, 0.2) is 24.3 Å². The number of carbonyl (C=O) groups is 2. The number of nitrogens with one attached hydrogen (secondary N) is 1. The maximum Gasteiger partial charge on any atom is 0.337 e. The number of nitrogens with zero attached hydrogens (tertiary/aromatic N) is 1. The molecule has 0 aliphatic rings. The molecular formula is C16H24N2O3. The number of ether oxygens (including phenoxy) is 1. The third-order valence-electron chi connectivity index (χ3n) is 3.20. The first kappa shape index (κ1) is 17.2. The van der Waals surface area contributed by atoms with Crippen molar-refractivity contribution >= 4 is 17.6 Å². The minimum absolute atomic E-state index is 0.0239. The van der Waals surface area contributed by atoms with Crippen LogP contribution in [0.25, 0.3) is 0 Å². The first-order chi connectivity index (χ1) is 10.1. The number of methoxy groups -OCH3 is 1. The quantitative estimate of drug-likeness (QED) is 0.748. The van der Waals surface area contributed by atoms with Crippen LogP contribution in [0.1, 0.15) is 36.5 Å². The van der Waals surface area contributed by atoms with E-state index >= 15 is 0 Å². The fourth-order valence-electron chi connectivity index (χ4n) is 1.86. The number of unbranched alkanes of at least 4 members (excludes halogenated alkanes) is 1. The Balaban J connectivity index is 2.39. The molecule has 5 heteroatoms. The zero-order chi connectivity index (χ0) is 15.7. The summed E-state index contributed by atoms with van der Waals surface area (Å²) in [6.07, 6.45) is 2.76. The Labute approximate surface area is 126 Å². The lowest BCUT2D eigenvalue weighted by Gasteiger charge is -2.15. The van der Waals surface area contributed by atoms with Gasteiger partial charge in [-0.15, -0.1) is 0 Å². The van der Waals surface area contributed by atoms with E-state index in [1.165, 1.54) is 7.11 Å². The summed E-state index contributed by atoms with van der Waals surface area (Å²) in [5, 5.41) is 2.82. The number of hydrogen-bond acceptors (Lipinski definition) is 4. The molecule has 0 saturated heterocycles. The molecule has 1 N–H and O–H groups in total. The van der Waals surface area contributed by atoms with Gasteiger partial charge in [0.2, 0.25) is 5.91 Å². The molecule has 0 atom stereocenters. The van der Waals surface area contributed by atoms with Crippen molar-refractivity contribution in [2.45, 2.75) is 26.2 Å². The summed E-state index contributed by atoms with van der Waals surface area (Å²) in [6, 6.07) is 6.67. The van der Waals surface area contributed by atoms with E-state index < -0.39 is 0 Å². The maximum atomic E-state index is 11.8. The Morgan fingerprint density at radius 2 is 1.86 bits per heavy atom. The van der Waals surface area contributed by atoms with Gasteiger partial charge in [-0.2, -0.15) is 0 Å². The normalized spacial score (nSPS) is 10.5. The Morgan fingerprint density at radius 3 is 2.43 bits per heavy atom. The van der Waals surface area contributed by atoms with Gasteiger partial charge in [0.1, 0.15) is 0 Å². The van der Waals surface area contributed by atoms with Crippen LogP contribution in [0.3, 0.4) is 0 Å². The van der Waals surface area contributed by atoms with Gasteiger partial charge in [0.25, 0.3) is 0 Å². The molecule has 21 heavy (non-hydrogen) atoms. The Morgan fingerprint density at radius 1 is 1.19 bits per heavy atom. The minimum Gasteiger partial charge on any atom is -0.465 e. The predicted octanol–water partition coefficient (Wildman–Crippen LogP) is 2.53. The van der Waals surface area contributed by atoms with Crippen LogP contribution < -0.4 is 5.32 Å². The molecule has 1 aromatic carbocycles. The van der Waals surface area contributed by atoms with E-state index in [4.69, 9.17) is 0 Å². The second-order valence-electron chi connectivity index (χ2n) is 5.02. The van der Waals surface area contributed by atoms with Crippen molar-refractivity contribution in [1.82, 2.24) is 4.90 Å². The van der Waals surface area contributed by atoms with Crippen molar-refractivity contribution in [3.63, 3.8) is 0 Å². The smallest absolute Gasteiger partial charge is 0.337 e. The van der Waals surface area contributed by atoms with Gasteiger partial charge < -0.3 is 15.0 Å². The van der Waals surface area contributed by atoms with Crippen molar-refractivity contribution in [2.75, 3.05) is 32.6 Å². The molecule has 0 spiro atoms. The van der Waals surface area contributed by atoms with Crippen LogP contribution in [-0.2, 0) is 9.53 Å². The second-order valence-corrected chi connectivity index (χ2v) is 5.02. The fraction of sp³-hybridized carbons (Fsp3) is 0.500. The molecule has 0 radical (unpaired) electrons. The summed E-state index contributed by atoms with van der Waals surface area (Å²) < 4.78 is 4.62. The Hall–Kier alpha value is -1.88. The van der Waals surface area contributed by atoms with Crippen molar-refractivity contribution in [2.24, 2.45) is 0 Å². The monoisotopic (exact) mass is 292 g/mol. The number of anilines is 1. The van der Waals surface area contributed by atoms with Crippen LogP contribution in [0.5, 0.6) is 0 Å². The highest BCUT2D eigenvalue weighted by molar-refractivity contribution is 5.93. The van der Waals surface area contributed by atoms with Gasteiger partial charge >= 0.3 is 5.97 Å². The van der Waals surface area contributed by atoms with Gasteiger partial charge in [0.05, 0.1) is 12.7 Å².